The van der Waals surface area contributed by atoms with Crippen molar-refractivity contribution in [1.29, 1.82) is 0 Å². The van der Waals surface area contributed by atoms with E-state index in [1.807, 2.05) is 4.57 Å². The predicted molar refractivity (Wildman–Crippen MR) is 51.8 cm³/mol. The topological polar surface area (TPSA) is 47.3 Å². The van der Waals surface area contributed by atoms with Gasteiger partial charge in [-0.2, -0.15) is 0 Å². The van der Waals surface area contributed by atoms with E-state index in [4.69, 9.17) is 9.84 Å². The first kappa shape index (κ1) is 9.68. The highest BCUT2D eigenvalue weighted by atomic mass is 16.5. The smallest absolute Gasteiger partial charge is 0.0951 e. The van der Waals surface area contributed by atoms with E-state index in [0.29, 0.717) is 12.0 Å². The number of rotatable bonds is 3. The SMILES string of the molecule is CC(C1CCOC1)n1cncc1CO. The Morgan fingerprint density at radius 2 is 2.64 bits per heavy atom. The highest BCUT2D eigenvalue weighted by Gasteiger charge is 2.24. The lowest BCUT2D eigenvalue weighted by Gasteiger charge is -2.20. The summed E-state index contributed by atoms with van der Waals surface area (Å²) in [6, 6.07) is 0.363. The number of aliphatic hydroxyl groups is 1. The van der Waals surface area contributed by atoms with Gasteiger partial charge in [-0.15, -0.1) is 0 Å². The van der Waals surface area contributed by atoms with Gasteiger partial charge >= 0.3 is 0 Å². The number of imidazole rings is 1. The van der Waals surface area contributed by atoms with Gasteiger partial charge in [-0.3, -0.25) is 0 Å². The lowest BCUT2D eigenvalue weighted by Crippen LogP contribution is -2.18. The highest BCUT2D eigenvalue weighted by Crippen LogP contribution is 2.26. The fourth-order valence-electron chi connectivity index (χ4n) is 1.98. The molecule has 1 aromatic heterocycles. The monoisotopic (exact) mass is 196 g/mol. The normalized spacial score (nSPS) is 24.0. The van der Waals surface area contributed by atoms with E-state index in [0.717, 1.165) is 25.3 Å². The summed E-state index contributed by atoms with van der Waals surface area (Å²) in [5.41, 5.74) is 0.879. The van der Waals surface area contributed by atoms with Crippen molar-refractivity contribution in [1.82, 2.24) is 9.55 Å². The predicted octanol–water partition coefficient (Wildman–Crippen LogP) is 0.973. The van der Waals surface area contributed by atoms with Crippen molar-refractivity contribution >= 4 is 0 Å². The van der Waals surface area contributed by atoms with Crippen molar-refractivity contribution < 1.29 is 9.84 Å². The molecule has 1 aromatic rings. The maximum atomic E-state index is 9.11. The molecule has 0 amide bonds. The third-order valence-corrected chi connectivity index (χ3v) is 2.99. The molecule has 2 unspecified atom stereocenters. The van der Waals surface area contributed by atoms with Gasteiger partial charge in [-0.1, -0.05) is 0 Å². The van der Waals surface area contributed by atoms with Crippen LogP contribution in [0.15, 0.2) is 12.5 Å². The molecule has 2 rings (SSSR count). The number of hydrogen-bond donors (Lipinski definition) is 1. The molecule has 4 nitrogen and oxygen atoms in total. The molecular formula is C10H16N2O2. The summed E-state index contributed by atoms with van der Waals surface area (Å²) < 4.78 is 7.39. The Balaban J connectivity index is 2.12. The van der Waals surface area contributed by atoms with Crippen LogP contribution in [0.2, 0.25) is 0 Å². The average Bonchev–Trinajstić information content (AvgIpc) is 2.87. The Hall–Kier alpha value is -0.870. The Kier molecular flexibility index (Phi) is 2.84. The molecule has 2 atom stereocenters. The standard InChI is InChI=1S/C10H16N2O2/c1-8(9-2-3-14-6-9)12-7-11-4-10(12)5-13/h4,7-9,13H,2-3,5-6H2,1H3. The van der Waals surface area contributed by atoms with Crippen molar-refractivity contribution in [2.75, 3.05) is 13.2 Å². The van der Waals surface area contributed by atoms with Gasteiger partial charge in [0.25, 0.3) is 0 Å². The second kappa shape index (κ2) is 4.11. The van der Waals surface area contributed by atoms with E-state index in [1.54, 1.807) is 12.5 Å². The molecule has 0 saturated carbocycles. The van der Waals surface area contributed by atoms with E-state index in [-0.39, 0.29) is 6.61 Å². The lowest BCUT2D eigenvalue weighted by atomic mass is 10.0. The zero-order chi connectivity index (χ0) is 9.97. The molecule has 2 heterocycles. The first-order chi connectivity index (χ1) is 6.83. The van der Waals surface area contributed by atoms with Gasteiger partial charge in [0, 0.05) is 18.6 Å². The molecule has 1 N–H and O–H groups in total. The van der Waals surface area contributed by atoms with Crippen molar-refractivity contribution in [2.24, 2.45) is 5.92 Å². The molecule has 78 valence electrons. The van der Waals surface area contributed by atoms with Crippen LogP contribution in [0.3, 0.4) is 0 Å². The Morgan fingerprint density at radius 3 is 3.29 bits per heavy atom. The van der Waals surface area contributed by atoms with Gasteiger partial charge < -0.3 is 14.4 Å². The van der Waals surface area contributed by atoms with E-state index in [1.165, 1.54) is 0 Å². The minimum Gasteiger partial charge on any atom is -0.390 e. The Bertz CT molecular complexity index is 292. The number of nitrogens with zero attached hydrogens (tertiary/aromatic N) is 2. The number of aliphatic hydroxyl groups excluding tert-OH is 1. The molecule has 0 radical (unpaired) electrons. The molecule has 1 saturated heterocycles. The minimum atomic E-state index is 0.0535. The van der Waals surface area contributed by atoms with Gasteiger partial charge in [-0.05, 0) is 13.3 Å². The van der Waals surface area contributed by atoms with Gasteiger partial charge in [0.15, 0.2) is 0 Å². The van der Waals surface area contributed by atoms with Crippen LogP contribution >= 0.6 is 0 Å². The number of ether oxygens (including phenoxy) is 1. The van der Waals surface area contributed by atoms with Crippen LogP contribution in [0.1, 0.15) is 25.1 Å². The molecule has 0 spiro atoms. The van der Waals surface area contributed by atoms with Crippen LogP contribution in [-0.2, 0) is 11.3 Å². The summed E-state index contributed by atoms with van der Waals surface area (Å²) in [5, 5.41) is 9.11. The molecule has 1 aliphatic heterocycles. The summed E-state index contributed by atoms with van der Waals surface area (Å²) in [4.78, 5) is 4.05. The molecule has 1 fully saturated rings. The molecule has 4 heteroatoms. The summed E-state index contributed by atoms with van der Waals surface area (Å²) in [6.07, 6.45) is 4.60. The van der Waals surface area contributed by atoms with Gasteiger partial charge in [0.05, 0.1) is 31.4 Å². The van der Waals surface area contributed by atoms with Gasteiger partial charge in [-0.25, -0.2) is 4.98 Å². The van der Waals surface area contributed by atoms with Gasteiger partial charge in [0.2, 0.25) is 0 Å². The fraction of sp³-hybridized carbons (Fsp3) is 0.700. The summed E-state index contributed by atoms with van der Waals surface area (Å²) in [6.45, 7) is 3.89. The Labute approximate surface area is 83.5 Å². The number of hydrogen-bond acceptors (Lipinski definition) is 3. The van der Waals surface area contributed by atoms with Crippen LogP contribution < -0.4 is 0 Å². The zero-order valence-electron chi connectivity index (χ0n) is 8.39. The average molecular weight is 196 g/mol. The molecule has 14 heavy (non-hydrogen) atoms. The first-order valence-corrected chi connectivity index (χ1v) is 5.02. The third-order valence-electron chi connectivity index (χ3n) is 2.99. The highest BCUT2D eigenvalue weighted by molar-refractivity contribution is 4.99. The molecule has 0 bridgehead atoms. The van der Waals surface area contributed by atoms with E-state index >= 15 is 0 Å². The van der Waals surface area contributed by atoms with E-state index in [9.17, 15) is 0 Å². The number of aromatic nitrogens is 2. The van der Waals surface area contributed by atoms with Crippen LogP contribution in [-0.4, -0.2) is 27.9 Å². The largest absolute Gasteiger partial charge is 0.390 e. The zero-order valence-corrected chi connectivity index (χ0v) is 8.39. The molecule has 0 aromatic carbocycles. The van der Waals surface area contributed by atoms with Crippen molar-refractivity contribution in [3.8, 4) is 0 Å². The van der Waals surface area contributed by atoms with Crippen LogP contribution in [0.5, 0.6) is 0 Å². The Morgan fingerprint density at radius 1 is 1.79 bits per heavy atom. The van der Waals surface area contributed by atoms with Crippen molar-refractivity contribution in [2.45, 2.75) is 26.0 Å². The van der Waals surface area contributed by atoms with Gasteiger partial charge in [0.1, 0.15) is 0 Å². The molecule has 1 aliphatic rings. The summed E-state index contributed by atoms with van der Waals surface area (Å²) in [5.74, 6) is 0.550. The summed E-state index contributed by atoms with van der Waals surface area (Å²) in [7, 11) is 0. The van der Waals surface area contributed by atoms with Crippen molar-refractivity contribution in [3.05, 3.63) is 18.2 Å². The first-order valence-electron chi connectivity index (χ1n) is 5.02. The van der Waals surface area contributed by atoms with Crippen LogP contribution in [0.4, 0.5) is 0 Å². The van der Waals surface area contributed by atoms with Crippen molar-refractivity contribution in [3.63, 3.8) is 0 Å². The second-order valence-corrected chi connectivity index (χ2v) is 3.81. The quantitative estimate of drug-likeness (QED) is 0.783. The minimum absolute atomic E-state index is 0.0535. The fourth-order valence-corrected chi connectivity index (χ4v) is 1.98. The second-order valence-electron chi connectivity index (χ2n) is 3.81. The molecule has 0 aliphatic carbocycles. The maximum Gasteiger partial charge on any atom is 0.0951 e. The van der Waals surface area contributed by atoms with E-state index in [2.05, 4.69) is 11.9 Å². The molecular weight excluding hydrogens is 180 g/mol. The van der Waals surface area contributed by atoms with Crippen LogP contribution in [0.25, 0.3) is 0 Å². The summed E-state index contributed by atoms with van der Waals surface area (Å²) >= 11 is 0. The lowest BCUT2D eigenvalue weighted by molar-refractivity contribution is 0.173. The van der Waals surface area contributed by atoms with Crippen LogP contribution in [0, 0.1) is 5.92 Å². The third kappa shape index (κ3) is 1.67. The maximum absolute atomic E-state index is 9.11. The van der Waals surface area contributed by atoms with E-state index < -0.39 is 0 Å².